The number of fused-ring (bicyclic) bond motifs is 1. The van der Waals surface area contributed by atoms with Gasteiger partial charge in [0.2, 0.25) is 0 Å². The summed E-state index contributed by atoms with van der Waals surface area (Å²) in [5.74, 6) is -1.76. The van der Waals surface area contributed by atoms with Crippen molar-refractivity contribution in [2.45, 2.75) is 12.8 Å². The predicted molar refractivity (Wildman–Crippen MR) is 85.1 cm³/mol. The van der Waals surface area contributed by atoms with Crippen molar-refractivity contribution in [3.8, 4) is 0 Å². The average molecular weight is 320 g/mol. The maximum Gasteiger partial charge on any atom is 0.308 e. The number of aromatic nitrogens is 1. The van der Waals surface area contributed by atoms with E-state index in [9.17, 15) is 14.7 Å². The Balaban J connectivity index is 2.07. The fourth-order valence-corrected chi connectivity index (χ4v) is 3.81. The van der Waals surface area contributed by atoms with Crippen LogP contribution in [0.5, 0.6) is 0 Å². The summed E-state index contributed by atoms with van der Waals surface area (Å²) in [6.45, 7) is 1.18. The molecular formula is C14H16N4O3S. The minimum Gasteiger partial charge on any atom is -0.481 e. The number of primary amides is 1. The summed E-state index contributed by atoms with van der Waals surface area (Å²) in [5.41, 5.74) is 12.6. The summed E-state index contributed by atoms with van der Waals surface area (Å²) < 4.78 is 0. The first-order valence-electron chi connectivity index (χ1n) is 6.93. The van der Waals surface area contributed by atoms with Gasteiger partial charge in [0.25, 0.3) is 5.91 Å². The van der Waals surface area contributed by atoms with Gasteiger partial charge in [0.05, 0.1) is 22.7 Å². The van der Waals surface area contributed by atoms with E-state index in [0.29, 0.717) is 33.7 Å². The lowest BCUT2D eigenvalue weighted by atomic mass is 9.97. The fraction of sp³-hybridized carbons (Fsp3) is 0.357. The maximum atomic E-state index is 11.5. The van der Waals surface area contributed by atoms with Crippen LogP contribution in [0.15, 0.2) is 12.3 Å². The Bertz CT molecular complexity index is 758. The summed E-state index contributed by atoms with van der Waals surface area (Å²) in [4.78, 5) is 29.9. The SMILES string of the molecule is NC(=O)c1sc2nccc(N3CCCC(C(=O)O)C3)c2c1N. The first-order valence-corrected chi connectivity index (χ1v) is 7.75. The minimum absolute atomic E-state index is 0.293. The van der Waals surface area contributed by atoms with Crippen molar-refractivity contribution < 1.29 is 14.7 Å². The highest BCUT2D eigenvalue weighted by Gasteiger charge is 2.28. The molecule has 0 aromatic carbocycles. The highest BCUT2D eigenvalue weighted by atomic mass is 32.1. The van der Waals surface area contributed by atoms with Crippen molar-refractivity contribution in [3.05, 3.63) is 17.1 Å². The summed E-state index contributed by atoms with van der Waals surface area (Å²) in [7, 11) is 0. The number of aliphatic carboxylic acids is 1. The number of nitrogens with zero attached hydrogens (tertiary/aromatic N) is 2. The van der Waals surface area contributed by atoms with Gasteiger partial charge < -0.3 is 21.5 Å². The van der Waals surface area contributed by atoms with Gasteiger partial charge in [0.15, 0.2) is 0 Å². The molecule has 116 valence electrons. The third kappa shape index (κ3) is 2.35. The second kappa shape index (κ2) is 5.45. The fourth-order valence-electron chi connectivity index (χ4n) is 2.87. The summed E-state index contributed by atoms with van der Waals surface area (Å²) in [6, 6.07) is 1.81. The minimum atomic E-state index is -0.786. The Labute approximate surface area is 130 Å². The van der Waals surface area contributed by atoms with E-state index in [1.807, 2.05) is 4.90 Å². The number of piperidine rings is 1. The van der Waals surface area contributed by atoms with Crippen LogP contribution in [0, 0.1) is 5.92 Å². The first kappa shape index (κ1) is 14.6. The van der Waals surface area contributed by atoms with Gasteiger partial charge in [-0.3, -0.25) is 9.59 Å². The monoisotopic (exact) mass is 320 g/mol. The van der Waals surface area contributed by atoms with Gasteiger partial charge in [-0.25, -0.2) is 4.98 Å². The van der Waals surface area contributed by atoms with Crippen molar-refractivity contribution in [1.29, 1.82) is 0 Å². The van der Waals surface area contributed by atoms with Crippen molar-refractivity contribution in [2.75, 3.05) is 23.7 Å². The maximum absolute atomic E-state index is 11.5. The van der Waals surface area contributed by atoms with Crippen molar-refractivity contribution in [2.24, 2.45) is 11.7 Å². The molecule has 3 rings (SSSR count). The highest BCUT2D eigenvalue weighted by molar-refractivity contribution is 7.21. The van der Waals surface area contributed by atoms with Crippen LogP contribution in [0.4, 0.5) is 11.4 Å². The second-order valence-electron chi connectivity index (χ2n) is 5.34. The van der Waals surface area contributed by atoms with E-state index in [-0.39, 0.29) is 0 Å². The highest BCUT2D eigenvalue weighted by Crippen LogP contribution is 2.39. The molecule has 0 saturated carbocycles. The molecule has 2 aromatic rings. The van der Waals surface area contributed by atoms with Gasteiger partial charge in [0, 0.05) is 19.3 Å². The standard InChI is InChI=1S/C14H16N4O3S/c15-10-9-8(18-5-1-2-7(6-18)14(20)21)3-4-17-13(9)22-11(10)12(16)19/h3-4,7H,1-2,5-6,15H2,(H2,16,19)(H,20,21). The molecule has 1 aliphatic heterocycles. The smallest absolute Gasteiger partial charge is 0.308 e. The third-order valence-corrected chi connectivity index (χ3v) is 5.07. The molecule has 1 atom stereocenters. The van der Waals surface area contributed by atoms with Gasteiger partial charge >= 0.3 is 5.97 Å². The second-order valence-corrected chi connectivity index (χ2v) is 6.34. The molecule has 0 spiro atoms. The summed E-state index contributed by atoms with van der Waals surface area (Å²) >= 11 is 1.16. The molecular weight excluding hydrogens is 304 g/mol. The van der Waals surface area contributed by atoms with Crippen LogP contribution >= 0.6 is 11.3 Å². The summed E-state index contributed by atoms with van der Waals surface area (Å²) in [6.07, 6.45) is 3.11. The third-order valence-electron chi connectivity index (χ3n) is 3.94. The number of carboxylic acid groups (broad SMARTS) is 1. The Morgan fingerprint density at radius 3 is 2.91 bits per heavy atom. The molecule has 0 radical (unpaired) electrons. The van der Waals surface area contributed by atoms with Gasteiger partial charge in [-0.15, -0.1) is 11.3 Å². The van der Waals surface area contributed by atoms with Gasteiger partial charge in [-0.2, -0.15) is 0 Å². The zero-order valence-electron chi connectivity index (χ0n) is 11.8. The normalized spacial score (nSPS) is 18.5. The number of thiophene rings is 1. The van der Waals surface area contributed by atoms with E-state index in [1.54, 1.807) is 12.3 Å². The van der Waals surface area contributed by atoms with E-state index in [2.05, 4.69) is 4.98 Å². The molecule has 0 aliphatic carbocycles. The number of pyridine rings is 1. The zero-order valence-corrected chi connectivity index (χ0v) is 12.6. The molecule has 1 amide bonds. The van der Waals surface area contributed by atoms with Gasteiger partial charge in [-0.05, 0) is 18.9 Å². The molecule has 7 nitrogen and oxygen atoms in total. The largest absolute Gasteiger partial charge is 0.481 e. The van der Waals surface area contributed by atoms with E-state index >= 15 is 0 Å². The van der Waals surface area contributed by atoms with Gasteiger partial charge in [0.1, 0.15) is 9.71 Å². The number of anilines is 2. The predicted octanol–water partition coefficient (Wildman–Crippen LogP) is 1.28. The molecule has 2 aromatic heterocycles. The van der Waals surface area contributed by atoms with E-state index < -0.39 is 17.8 Å². The molecule has 5 N–H and O–H groups in total. The van der Waals surface area contributed by atoms with Crippen LogP contribution < -0.4 is 16.4 Å². The number of amides is 1. The quantitative estimate of drug-likeness (QED) is 0.783. The van der Waals surface area contributed by atoms with Crippen LogP contribution in [0.3, 0.4) is 0 Å². The van der Waals surface area contributed by atoms with Crippen LogP contribution in [-0.2, 0) is 4.79 Å². The van der Waals surface area contributed by atoms with Crippen molar-refractivity contribution >= 4 is 44.8 Å². The van der Waals surface area contributed by atoms with Crippen LogP contribution in [0.25, 0.3) is 10.2 Å². The van der Waals surface area contributed by atoms with E-state index in [0.717, 1.165) is 30.0 Å². The molecule has 3 heterocycles. The number of carbonyl (C=O) groups excluding carboxylic acids is 1. The molecule has 1 fully saturated rings. The molecule has 1 aliphatic rings. The van der Waals surface area contributed by atoms with Gasteiger partial charge in [-0.1, -0.05) is 0 Å². The van der Waals surface area contributed by atoms with E-state index in [1.165, 1.54) is 0 Å². The van der Waals surface area contributed by atoms with Crippen LogP contribution in [-0.4, -0.2) is 35.1 Å². The number of nitrogen functional groups attached to an aromatic ring is 1. The molecule has 0 bridgehead atoms. The summed E-state index contributed by atoms with van der Waals surface area (Å²) in [5, 5.41) is 9.91. The Morgan fingerprint density at radius 2 is 2.23 bits per heavy atom. The number of carbonyl (C=O) groups is 2. The number of carboxylic acids is 1. The number of nitrogens with two attached hydrogens (primary N) is 2. The van der Waals surface area contributed by atoms with Crippen molar-refractivity contribution in [1.82, 2.24) is 4.98 Å². The van der Waals surface area contributed by atoms with Crippen LogP contribution in [0.2, 0.25) is 0 Å². The molecule has 8 heteroatoms. The Morgan fingerprint density at radius 1 is 1.45 bits per heavy atom. The van der Waals surface area contributed by atoms with Crippen LogP contribution in [0.1, 0.15) is 22.5 Å². The molecule has 1 unspecified atom stereocenters. The lowest BCUT2D eigenvalue weighted by Crippen LogP contribution is -2.38. The zero-order chi connectivity index (χ0) is 15.9. The van der Waals surface area contributed by atoms with E-state index in [4.69, 9.17) is 11.5 Å². The molecule has 22 heavy (non-hydrogen) atoms. The Hall–Kier alpha value is -2.35. The molecule has 1 saturated heterocycles. The van der Waals surface area contributed by atoms with Crippen molar-refractivity contribution in [3.63, 3.8) is 0 Å². The number of hydrogen-bond donors (Lipinski definition) is 3. The number of rotatable bonds is 3. The lowest BCUT2D eigenvalue weighted by molar-refractivity contribution is -0.141. The first-order chi connectivity index (χ1) is 10.5. The lowest BCUT2D eigenvalue weighted by Gasteiger charge is -2.33. The Kier molecular flexibility index (Phi) is 3.61. The average Bonchev–Trinajstić information content (AvgIpc) is 2.85. The number of hydrogen-bond acceptors (Lipinski definition) is 6. The topological polar surface area (TPSA) is 123 Å².